The van der Waals surface area contributed by atoms with Gasteiger partial charge in [-0.25, -0.2) is 4.39 Å². The fraction of sp³-hybridized carbons (Fsp3) is 0.143. The quantitative estimate of drug-likeness (QED) is 0.688. The van der Waals surface area contributed by atoms with Crippen LogP contribution in [0.4, 0.5) is 4.39 Å². The number of nitrogens with two attached hydrogens (primary N) is 1. The second kappa shape index (κ2) is 3.37. The van der Waals surface area contributed by atoms with E-state index in [1.165, 1.54) is 6.07 Å². The van der Waals surface area contributed by atoms with Crippen LogP contribution >= 0.6 is 15.9 Å². The summed E-state index contributed by atoms with van der Waals surface area (Å²) in [5.41, 5.74) is 6.49. The lowest BCUT2D eigenvalue weighted by atomic mass is 9.90. The van der Waals surface area contributed by atoms with Crippen molar-refractivity contribution >= 4 is 29.2 Å². The summed E-state index contributed by atoms with van der Waals surface area (Å²) < 4.78 is 13.1. The molecule has 1 aromatic carbocycles. The van der Waals surface area contributed by atoms with E-state index in [4.69, 9.17) is 13.6 Å². The Morgan fingerprint density at radius 3 is 2.73 bits per heavy atom. The first kappa shape index (κ1) is 8.75. The molecule has 0 spiro atoms. The smallest absolute Gasteiger partial charge is 0.136 e. The van der Waals surface area contributed by atoms with Gasteiger partial charge in [0.1, 0.15) is 13.7 Å². The van der Waals surface area contributed by atoms with Crippen LogP contribution < -0.4 is 11.2 Å². The van der Waals surface area contributed by atoms with Gasteiger partial charge in [0, 0.05) is 6.54 Å². The molecule has 0 atom stereocenters. The summed E-state index contributed by atoms with van der Waals surface area (Å²) in [6, 6.07) is 2.84. The molecule has 0 aromatic heterocycles. The minimum absolute atomic E-state index is 0.324. The summed E-state index contributed by atoms with van der Waals surface area (Å²) in [6.45, 7) is 0.324. The number of benzene rings is 1. The fourth-order valence-electron chi connectivity index (χ4n) is 0.780. The fourth-order valence-corrected chi connectivity index (χ4v) is 1.17. The van der Waals surface area contributed by atoms with Crippen LogP contribution in [0.25, 0.3) is 0 Å². The van der Waals surface area contributed by atoms with E-state index < -0.39 is 0 Å². The van der Waals surface area contributed by atoms with E-state index in [-0.39, 0.29) is 5.82 Å². The minimum atomic E-state index is -0.361. The Morgan fingerprint density at radius 1 is 1.55 bits per heavy atom. The summed E-state index contributed by atoms with van der Waals surface area (Å²) >= 11 is 3.03. The summed E-state index contributed by atoms with van der Waals surface area (Å²) in [6.07, 6.45) is 0. The van der Waals surface area contributed by atoms with Crippen molar-refractivity contribution in [3.05, 3.63) is 28.0 Å². The summed E-state index contributed by atoms with van der Waals surface area (Å²) in [5, 5.41) is 0. The van der Waals surface area contributed by atoms with Gasteiger partial charge in [-0.3, -0.25) is 0 Å². The number of rotatable bonds is 1. The van der Waals surface area contributed by atoms with Crippen LogP contribution in [0, 0.1) is 5.82 Å². The zero-order valence-electron chi connectivity index (χ0n) is 5.77. The molecule has 0 unspecified atom stereocenters. The number of halogens is 2. The molecule has 1 nitrogen and oxygen atoms in total. The third-order valence-electron chi connectivity index (χ3n) is 1.40. The van der Waals surface area contributed by atoms with Crippen molar-refractivity contribution in [2.45, 2.75) is 6.54 Å². The molecule has 0 saturated heterocycles. The number of hydrogen-bond donors (Lipinski definition) is 1. The van der Waals surface area contributed by atoms with Gasteiger partial charge >= 0.3 is 0 Å². The van der Waals surface area contributed by atoms with Crippen molar-refractivity contribution in [3.8, 4) is 0 Å². The van der Waals surface area contributed by atoms with Gasteiger partial charge in [0.25, 0.3) is 0 Å². The van der Waals surface area contributed by atoms with Gasteiger partial charge in [-0.2, -0.15) is 0 Å². The van der Waals surface area contributed by atoms with E-state index in [0.29, 0.717) is 16.5 Å². The maximum Gasteiger partial charge on any atom is 0.136 e. The Kier molecular flexibility index (Phi) is 2.68. The molecular weight excluding hydrogens is 208 g/mol. The average molecular weight is 214 g/mol. The minimum Gasteiger partial charge on any atom is -0.327 e. The Balaban J connectivity index is 3.21. The van der Waals surface area contributed by atoms with E-state index in [1.807, 2.05) is 0 Å². The molecule has 1 rings (SSSR count). The summed E-state index contributed by atoms with van der Waals surface area (Å²) in [5.74, 6) is -0.361. The van der Waals surface area contributed by atoms with Crippen molar-refractivity contribution in [3.63, 3.8) is 0 Å². The van der Waals surface area contributed by atoms with Crippen molar-refractivity contribution < 1.29 is 4.39 Å². The Labute approximate surface area is 74.3 Å². The van der Waals surface area contributed by atoms with Crippen LogP contribution in [0.1, 0.15) is 5.56 Å². The largest absolute Gasteiger partial charge is 0.327 e. The van der Waals surface area contributed by atoms with Crippen molar-refractivity contribution in [2.24, 2.45) is 5.73 Å². The molecule has 56 valence electrons. The molecule has 4 heteroatoms. The zero-order valence-corrected chi connectivity index (χ0v) is 7.36. The maximum absolute atomic E-state index is 12.7. The van der Waals surface area contributed by atoms with Gasteiger partial charge in [-0.1, -0.05) is 5.46 Å². The predicted octanol–water partition coefficient (Wildman–Crippen LogP) is 0.841. The van der Waals surface area contributed by atoms with Crippen LogP contribution in [-0.4, -0.2) is 7.85 Å². The first-order valence-electron chi connectivity index (χ1n) is 3.08. The lowest BCUT2D eigenvalue weighted by molar-refractivity contribution is 0.621. The van der Waals surface area contributed by atoms with Gasteiger partial charge in [0.15, 0.2) is 0 Å². The molecule has 1 aromatic rings. The van der Waals surface area contributed by atoms with Crippen LogP contribution in [0.2, 0.25) is 0 Å². The highest BCUT2D eigenvalue weighted by Crippen LogP contribution is 2.14. The predicted molar refractivity (Wildman–Crippen MR) is 47.4 cm³/mol. The maximum atomic E-state index is 12.7. The third-order valence-corrected chi connectivity index (χ3v) is 2.01. The van der Waals surface area contributed by atoms with Crippen LogP contribution in [0.3, 0.4) is 0 Å². The van der Waals surface area contributed by atoms with Crippen LogP contribution in [0.15, 0.2) is 16.6 Å². The molecule has 11 heavy (non-hydrogen) atoms. The van der Waals surface area contributed by atoms with E-state index in [2.05, 4.69) is 15.9 Å². The standard InChI is InChI=1S/C7H6BBrFN/c8-5-2-7(10)6(9)1-4(5)3-11/h1-2H,3,11H2. The topological polar surface area (TPSA) is 26.0 Å². The molecular formula is C7H6BBrFN. The lowest BCUT2D eigenvalue weighted by Crippen LogP contribution is -2.14. The Bertz CT molecular complexity index is 277. The third kappa shape index (κ3) is 1.82. The molecule has 2 N–H and O–H groups in total. The Morgan fingerprint density at radius 2 is 2.18 bits per heavy atom. The van der Waals surface area contributed by atoms with E-state index in [1.54, 1.807) is 6.07 Å². The molecule has 0 amide bonds. The van der Waals surface area contributed by atoms with E-state index >= 15 is 0 Å². The highest BCUT2D eigenvalue weighted by molar-refractivity contribution is 9.10. The first-order valence-corrected chi connectivity index (χ1v) is 3.88. The summed E-state index contributed by atoms with van der Waals surface area (Å²) in [4.78, 5) is 0. The van der Waals surface area contributed by atoms with E-state index in [0.717, 1.165) is 5.56 Å². The van der Waals surface area contributed by atoms with Crippen molar-refractivity contribution in [1.29, 1.82) is 0 Å². The normalized spacial score (nSPS) is 10.1. The van der Waals surface area contributed by atoms with Crippen LogP contribution in [0.5, 0.6) is 0 Å². The van der Waals surface area contributed by atoms with Gasteiger partial charge in [-0.15, -0.1) is 0 Å². The van der Waals surface area contributed by atoms with Gasteiger partial charge < -0.3 is 5.73 Å². The number of hydrogen-bond acceptors (Lipinski definition) is 1. The molecule has 0 fully saturated rings. The molecule has 0 bridgehead atoms. The molecule has 0 heterocycles. The second-order valence-corrected chi connectivity index (χ2v) is 3.02. The molecule has 0 aliphatic heterocycles. The van der Waals surface area contributed by atoms with Gasteiger partial charge in [-0.05, 0) is 33.6 Å². The molecule has 0 aliphatic rings. The highest BCUT2D eigenvalue weighted by Gasteiger charge is 2.02. The summed E-state index contributed by atoms with van der Waals surface area (Å²) in [7, 11) is 5.46. The van der Waals surface area contributed by atoms with Gasteiger partial charge in [0.05, 0.1) is 4.47 Å². The molecule has 0 aliphatic carbocycles. The second-order valence-electron chi connectivity index (χ2n) is 2.17. The molecule has 0 saturated carbocycles. The van der Waals surface area contributed by atoms with Crippen molar-refractivity contribution in [2.75, 3.05) is 0 Å². The SMILES string of the molecule is [B]c1cc(F)c(Br)cc1CN. The van der Waals surface area contributed by atoms with Gasteiger partial charge in [0.2, 0.25) is 0 Å². The average Bonchev–Trinajstić information content (AvgIpc) is 1.97. The van der Waals surface area contributed by atoms with E-state index in [9.17, 15) is 4.39 Å². The van der Waals surface area contributed by atoms with Crippen LogP contribution in [-0.2, 0) is 6.54 Å². The Hall–Kier alpha value is -0.345. The lowest BCUT2D eigenvalue weighted by Gasteiger charge is -2.03. The molecule has 2 radical (unpaired) electrons. The first-order chi connectivity index (χ1) is 5.15. The zero-order chi connectivity index (χ0) is 8.43. The van der Waals surface area contributed by atoms with Crippen molar-refractivity contribution in [1.82, 2.24) is 0 Å². The monoisotopic (exact) mass is 213 g/mol. The highest BCUT2D eigenvalue weighted by atomic mass is 79.9.